The van der Waals surface area contributed by atoms with E-state index in [-0.39, 0.29) is 6.08 Å². The first-order valence-corrected chi connectivity index (χ1v) is 7.12. The molecule has 1 saturated carbocycles. The first-order chi connectivity index (χ1) is 9.20. The molecule has 0 aliphatic heterocycles. The lowest BCUT2D eigenvalue weighted by molar-refractivity contribution is 0.329. The lowest BCUT2D eigenvalue weighted by Gasteiger charge is -2.04. The van der Waals surface area contributed by atoms with Crippen LogP contribution in [0.5, 0.6) is 11.8 Å². The maximum atomic E-state index is 5.66. The summed E-state index contributed by atoms with van der Waals surface area (Å²) in [4.78, 5) is 4.31. The molecule has 4 nitrogen and oxygen atoms in total. The van der Waals surface area contributed by atoms with Crippen molar-refractivity contribution >= 4 is 15.9 Å². The largest absolute Gasteiger partial charge is 0.417 e. The van der Waals surface area contributed by atoms with Gasteiger partial charge in [0.1, 0.15) is 12.0 Å². The van der Waals surface area contributed by atoms with Gasteiger partial charge in [-0.25, -0.2) is 0 Å². The van der Waals surface area contributed by atoms with Crippen LogP contribution in [-0.2, 0) is 6.54 Å². The second-order valence-electron chi connectivity index (χ2n) is 4.77. The van der Waals surface area contributed by atoms with Crippen molar-refractivity contribution in [2.75, 3.05) is 0 Å². The fourth-order valence-electron chi connectivity index (χ4n) is 1.73. The fourth-order valence-corrected chi connectivity index (χ4v) is 2.07. The fraction of sp³-hybridized carbons (Fsp3) is 0.357. The summed E-state index contributed by atoms with van der Waals surface area (Å²) in [7, 11) is 0. The molecular formula is C14H15BrN2O2. The zero-order chi connectivity index (χ0) is 13.2. The highest BCUT2D eigenvalue weighted by atomic mass is 79.9. The van der Waals surface area contributed by atoms with Crippen LogP contribution in [0.15, 0.2) is 33.4 Å². The van der Waals surface area contributed by atoms with E-state index in [1.165, 1.54) is 12.8 Å². The molecule has 1 aliphatic rings. The molecule has 1 heterocycles. The summed E-state index contributed by atoms with van der Waals surface area (Å²) >= 11 is 3.42. The number of aromatic nitrogens is 1. The number of benzene rings is 1. The smallest absolute Gasteiger partial charge is 0.399 e. The number of aryl methyl sites for hydroxylation is 1. The van der Waals surface area contributed by atoms with Gasteiger partial charge in [0.15, 0.2) is 0 Å². The first kappa shape index (κ1) is 12.7. The maximum absolute atomic E-state index is 5.66. The Kier molecular flexibility index (Phi) is 3.57. The van der Waals surface area contributed by atoms with Crippen LogP contribution in [0.3, 0.4) is 0 Å². The molecule has 3 rings (SSSR count). The number of ether oxygens (including phenoxy) is 1. The summed E-state index contributed by atoms with van der Waals surface area (Å²) in [6.07, 6.45) is 4.45. The van der Waals surface area contributed by atoms with Gasteiger partial charge < -0.3 is 14.5 Å². The molecule has 1 fully saturated rings. The zero-order valence-corrected chi connectivity index (χ0v) is 12.2. The summed E-state index contributed by atoms with van der Waals surface area (Å²) in [6.45, 7) is 2.72. The maximum Gasteiger partial charge on any atom is 0.399 e. The topological polar surface area (TPSA) is 47.3 Å². The SMILES string of the molecule is Cc1ccc(Br)cc1Oc1nc(CNC2CC2)co1. The van der Waals surface area contributed by atoms with Gasteiger partial charge in [0.25, 0.3) is 0 Å². The lowest BCUT2D eigenvalue weighted by Crippen LogP contribution is -2.15. The third-order valence-electron chi connectivity index (χ3n) is 3.03. The molecule has 2 aromatic rings. The lowest BCUT2D eigenvalue weighted by atomic mass is 10.2. The van der Waals surface area contributed by atoms with E-state index in [4.69, 9.17) is 9.15 Å². The average Bonchev–Trinajstić information content (AvgIpc) is 3.12. The van der Waals surface area contributed by atoms with E-state index in [1.807, 2.05) is 25.1 Å². The molecule has 5 heteroatoms. The number of nitrogens with zero attached hydrogens (tertiary/aromatic N) is 1. The second kappa shape index (κ2) is 5.35. The Morgan fingerprint density at radius 3 is 3.11 bits per heavy atom. The molecule has 1 N–H and O–H groups in total. The van der Waals surface area contributed by atoms with Crippen LogP contribution in [0.25, 0.3) is 0 Å². The Morgan fingerprint density at radius 2 is 2.32 bits per heavy atom. The van der Waals surface area contributed by atoms with Gasteiger partial charge in [-0.3, -0.25) is 0 Å². The molecule has 1 aliphatic carbocycles. The zero-order valence-electron chi connectivity index (χ0n) is 10.6. The van der Waals surface area contributed by atoms with Crippen molar-refractivity contribution in [1.82, 2.24) is 10.3 Å². The van der Waals surface area contributed by atoms with E-state index in [1.54, 1.807) is 6.26 Å². The van der Waals surface area contributed by atoms with Crippen molar-refractivity contribution < 1.29 is 9.15 Å². The van der Waals surface area contributed by atoms with E-state index in [0.717, 1.165) is 28.0 Å². The van der Waals surface area contributed by atoms with Gasteiger partial charge in [0.2, 0.25) is 0 Å². The van der Waals surface area contributed by atoms with Crippen molar-refractivity contribution in [3.8, 4) is 11.8 Å². The highest BCUT2D eigenvalue weighted by molar-refractivity contribution is 9.10. The Balaban J connectivity index is 1.66. The number of hydrogen-bond acceptors (Lipinski definition) is 4. The molecule has 0 unspecified atom stereocenters. The molecule has 0 radical (unpaired) electrons. The van der Waals surface area contributed by atoms with Crippen LogP contribution in [0.1, 0.15) is 24.1 Å². The third kappa shape index (κ3) is 3.36. The summed E-state index contributed by atoms with van der Waals surface area (Å²) in [5.41, 5.74) is 1.91. The van der Waals surface area contributed by atoms with Crippen LogP contribution >= 0.6 is 15.9 Å². The first-order valence-electron chi connectivity index (χ1n) is 6.32. The van der Waals surface area contributed by atoms with Crippen molar-refractivity contribution in [2.24, 2.45) is 0 Å². The number of oxazole rings is 1. The van der Waals surface area contributed by atoms with Crippen LogP contribution in [0, 0.1) is 6.92 Å². The molecule has 1 aromatic heterocycles. The summed E-state index contributed by atoms with van der Waals surface area (Å²) in [6, 6.07) is 6.52. The molecule has 0 saturated heterocycles. The Hall–Kier alpha value is -1.33. The van der Waals surface area contributed by atoms with Gasteiger partial charge in [-0.15, -0.1) is 0 Å². The van der Waals surface area contributed by atoms with E-state index in [9.17, 15) is 0 Å². The molecule has 0 amide bonds. The summed E-state index contributed by atoms with van der Waals surface area (Å²) in [5, 5.41) is 3.39. The number of halogens is 1. The van der Waals surface area contributed by atoms with E-state index < -0.39 is 0 Å². The van der Waals surface area contributed by atoms with Crippen LogP contribution in [-0.4, -0.2) is 11.0 Å². The van der Waals surface area contributed by atoms with Gasteiger partial charge in [-0.05, 0) is 37.5 Å². The van der Waals surface area contributed by atoms with E-state index in [2.05, 4.69) is 26.2 Å². The molecule has 0 bridgehead atoms. The van der Waals surface area contributed by atoms with Crippen molar-refractivity contribution in [3.63, 3.8) is 0 Å². The third-order valence-corrected chi connectivity index (χ3v) is 3.52. The minimum atomic E-state index is 0.286. The molecule has 0 spiro atoms. The quantitative estimate of drug-likeness (QED) is 0.909. The summed E-state index contributed by atoms with van der Waals surface area (Å²) < 4.78 is 12.0. The van der Waals surface area contributed by atoms with E-state index >= 15 is 0 Å². The van der Waals surface area contributed by atoms with Crippen molar-refractivity contribution in [3.05, 3.63) is 40.2 Å². The minimum Gasteiger partial charge on any atom is -0.417 e. The highest BCUT2D eigenvalue weighted by Gasteiger charge is 2.20. The Morgan fingerprint density at radius 1 is 1.47 bits per heavy atom. The van der Waals surface area contributed by atoms with Crippen molar-refractivity contribution in [1.29, 1.82) is 0 Å². The van der Waals surface area contributed by atoms with Crippen LogP contribution in [0.2, 0.25) is 0 Å². The number of nitrogens with one attached hydrogen (secondary N) is 1. The number of rotatable bonds is 5. The average molecular weight is 323 g/mol. The summed E-state index contributed by atoms with van der Waals surface area (Å²) in [5.74, 6) is 0.748. The standard InChI is InChI=1S/C14H15BrN2O2/c1-9-2-3-10(15)6-13(9)19-14-17-12(8-18-14)7-16-11-4-5-11/h2-3,6,8,11,16H,4-5,7H2,1H3. The number of hydrogen-bond donors (Lipinski definition) is 1. The molecule has 1 aromatic carbocycles. The predicted octanol–water partition coefficient (Wildman–Crippen LogP) is 3.79. The van der Waals surface area contributed by atoms with E-state index in [0.29, 0.717) is 6.04 Å². The second-order valence-corrected chi connectivity index (χ2v) is 5.69. The normalized spacial score (nSPS) is 14.6. The van der Waals surface area contributed by atoms with Gasteiger partial charge >= 0.3 is 6.08 Å². The van der Waals surface area contributed by atoms with Gasteiger partial charge in [-0.1, -0.05) is 22.0 Å². The van der Waals surface area contributed by atoms with Crippen LogP contribution < -0.4 is 10.1 Å². The van der Waals surface area contributed by atoms with Crippen molar-refractivity contribution in [2.45, 2.75) is 32.4 Å². The van der Waals surface area contributed by atoms with Crippen LogP contribution in [0.4, 0.5) is 0 Å². The van der Waals surface area contributed by atoms with Gasteiger partial charge in [0.05, 0.1) is 5.69 Å². The Labute approximate surface area is 120 Å². The van der Waals surface area contributed by atoms with Gasteiger partial charge in [0, 0.05) is 17.1 Å². The molecular weight excluding hydrogens is 308 g/mol. The molecule has 100 valence electrons. The predicted molar refractivity (Wildman–Crippen MR) is 75.3 cm³/mol. The molecule has 19 heavy (non-hydrogen) atoms. The van der Waals surface area contributed by atoms with Gasteiger partial charge in [-0.2, -0.15) is 4.98 Å². The monoisotopic (exact) mass is 322 g/mol. The minimum absolute atomic E-state index is 0.286. The molecule has 0 atom stereocenters. The highest BCUT2D eigenvalue weighted by Crippen LogP contribution is 2.27. The Bertz CT molecular complexity index is 579.